The molecule has 1 aliphatic heterocycles. The molecule has 0 saturated carbocycles. The average molecular weight is 314 g/mol. The third-order valence-electron chi connectivity index (χ3n) is 3.40. The Morgan fingerprint density at radius 2 is 1.48 bits per heavy atom. The maximum Gasteiger partial charge on any atom is 0.261 e. The van der Waals surface area contributed by atoms with Gasteiger partial charge in [0.05, 0.1) is 11.3 Å². The van der Waals surface area contributed by atoms with Gasteiger partial charge in [0.2, 0.25) is 0 Å². The number of hydrogen-bond donors (Lipinski definition) is 0. The Hall–Kier alpha value is -2.43. The third-order valence-corrected chi connectivity index (χ3v) is 3.40. The highest BCUT2D eigenvalue weighted by atomic mass is 16.2. The van der Waals surface area contributed by atoms with E-state index >= 15 is 0 Å². The van der Waals surface area contributed by atoms with E-state index in [1.165, 1.54) is 0 Å². The number of fused-ring (bicyclic) bond motifs is 2. The van der Waals surface area contributed by atoms with Crippen LogP contribution in [-0.2, 0) is 0 Å². The summed E-state index contributed by atoms with van der Waals surface area (Å²) in [6.45, 7) is 9.97. The van der Waals surface area contributed by atoms with Gasteiger partial charge < -0.3 is 9.80 Å². The molecule has 0 radical (unpaired) electrons. The van der Waals surface area contributed by atoms with E-state index in [1.807, 2.05) is 52.6 Å². The molecule has 0 fully saturated rings. The standard InChI is InChI=1S/C14H14N4O.2C2H6/c1-9-6-8-16-13-11(9)17(2)14(19)10-5-4-7-15-12(10)18(13)3;2*1-2/h4-8H,1-3H3;2*1-2H3. The number of anilines is 3. The molecule has 5 heteroatoms. The van der Waals surface area contributed by atoms with Gasteiger partial charge in [0.25, 0.3) is 5.91 Å². The molecule has 0 spiro atoms. The van der Waals surface area contributed by atoms with E-state index in [-0.39, 0.29) is 5.91 Å². The van der Waals surface area contributed by atoms with Crippen LogP contribution in [-0.4, -0.2) is 30.0 Å². The highest BCUT2D eigenvalue weighted by Gasteiger charge is 2.29. The minimum absolute atomic E-state index is 0.0650. The highest BCUT2D eigenvalue weighted by molar-refractivity contribution is 6.12. The SMILES string of the molecule is CC.CC.Cc1ccnc2c1N(C)C(=O)c1cccnc1N2C. The number of pyridine rings is 2. The quantitative estimate of drug-likeness (QED) is 0.731. The summed E-state index contributed by atoms with van der Waals surface area (Å²) in [6, 6.07) is 5.47. The van der Waals surface area contributed by atoms with Crippen LogP contribution in [0, 0.1) is 6.92 Å². The first-order valence-electron chi connectivity index (χ1n) is 8.03. The molecule has 0 unspecified atom stereocenters. The second-order valence-corrected chi connectivity index (χ2v) is 4.60. The summed E-state index contributed by atoms with van der Waals surface area (Å²) in [7, 11) is 3.65. The summed E-state index contributed by atoms with van der Waals surface area (Å²) in [5, 5.41) is 0. The molecule has 3 rings (SSSR count). The van der Waals surface area contributed by atoms with Crippen molar-refractivity contribution in [2.45, 2.75) is 34.6 Å². The van der Waals surface area contributed by atoms with Gasteiger partial charge in [0.15, 0.2) is 5.82 Å². The van der Waals surface area contributed by atoms with Gasteiger partial charge in [-0.15, -0.1) is 0 Å². The van der Waals surface area contributed by atoms with Crippen LogP contribution in [0.25, 0.3) is 0 Å². The van der Waals surface area contributed by atoms with Gasteiger partial charge in [0, 0.05) is 26.5 Å². The van der Waals surface area contributed by atoms with E-state index in [4.69, 9.17) is 0 Å². The summed E-state index contributed by atoms with van der Waals surface area (Å²) in [5.41, 5.74) is 2.43. The van der Waals surface area contributed by atoms with Crippen molar-refractivity contribution in [1.29, 1.82) is 0 Å². The lowest BCUT2D eigenvalue weighted by Crippen LogP contribution is -2.26. The molecule has 2 aromatic heterocycles. The van der Waals surface area contributed by atoms with Crippen LogP contribution in [0.5, 0.6) is 0 Å². The fourth-order valence-corrected chi connectivity index (χ4v) is 2.41. The zero-order valence-corrected chi connectivity index (χ0v) is 15.1. The van der Waals surface area contributed by atoms with E-state index in [2.05, 4.69) is 9.97 Å². The van der Waals surface area contributed by atoms with Crippen molar-refractivity contribution in [3.8, 4) is 0 Å². The lowest BCUT2D eigenvalue weighted by molar-refractivity contribution is 0.0994. The predicted octanol–water partition coefficient (Wildman–Crippen LogP) is 4.20. The van der Waals surface area contributed by atoms with Crippen molar-refractivity contribution in [1.82, 2.24) is 9.97 Å². The van der Waals surface area contributed by atoms with Crippen LogP contribution in [0.15, 0.2) is 30.6 Å². The van der Waals surface area contributed by atoms with E-state index < -0.39 is 0 Å². The Balaban J connectivity index is 0.000000615. The first kappa shape index (κ1) is 18.6. The number of carbonyl (C=O) groups excluding carboxylic acids is 1. The Morgan fingerprint density at radius 1 is 0.870 bits per heavy atom. The molecular weight excluding hydrogens is 288 g/mol. The number of aryl methyl sites for hydroxylation is 1. The van der Waals surface area contributed by atoms with Gasteiger partial charge in [-0.2, -0.15) is 0 Å². The van der Waals surface area contributed by atoms with Crippen LogP contribution < -0.4 is 9.80 Å². The maximum atomic E-state index is 12.5. The Kier molecular flexibility index (Phi) is 6.69. The second kappa shape index (κ2) is 8.27. The summed E-state index contributed by atoms with van der Waals surface area (Å²) in [5.74, 6) is 1.31. The molecule has 1 amide bonds. The fourth-order valence-electron chi connectivity index (χ4n) is 2.41. The molecule has 2 aromatic rings. The predicted molar refractivity (Wildman–Crippen MR) is 96.7 cm³/mol. The highest BCUT2D eigenvalue weighted by Crippen LogP contribution is 2.37. The minimum atomic E-state index is -0.0650. The molecular formula is C18H26N4O. The monoisotopic (exact) mass is 314 g/mol. The molecule has 0 N–H and O–H groups in total. The number of hydrogen-bond acceptors (Lipinski definition) is 4. The average Bonchev–Trinajstić information content (AvgIpc) is 2.70. The van der Waals surface area contributed by atoms with Gasteiger partial charge >= 0.3 is 0 Å². The zero-order chi connectivity index (χ0) is 17.6. The number of nitrogens with zero attached hydrogens (tertiary/aromatic N) is 4. The summed E-state index contributed by atoms with van der Waals surface area (Å²) < 4.78 is 0. The first-order valence-corrected chi connectivity index (χ1v) is 8.03. The van der Waals surface area contributed by atoms with Gasteiger partial charge in [-0.25, -0.2) is 9.97 Å². The van der Waals surface area contributed by atoms with Crippen molar-refractivity contribution in [2.24, 2.45) is 0 Å². The van der Waals surface area contributed by atoms with E-state index in [1.54, 1.807) is 36.5 Å². The van der Waals surface area contributed by atoms with Crippen molar-refractivity contribution in [2.75, 3.05) is 23.9 Å². The van der Waals surface area contributed by atoms with Gasteiger partial charge in [0.1, 0.15) is 5.82 Å². The van der Waals surface area contributed by atoms with Crippen LogP contribution in [0.3, 0.4) is 0 Å². The lowest BCUT2D eigenvalue weighted by atomic mass is 10.2. The molecule has 0 bridgehead atoms. The molecule has 0 saturated heterocycles. The molecule has 3 heterocycles. The second-order valence-electron chi connectivity index (χ2n) is 4.60. The number of carbonyl (C=O) groups is 1. The number of amides is 1. The summed E-state index contributed by atoms with van der Waals surface area (Å²) in [6.07, 6.45) is 3.43. The molecule has 1 aliphatic rings. The number of aromatic nitrogens is 2. The number of rotatable bonds is 0. The molecule has 23 heavy (non-hydrogen) atoms. The van der Waals surface area contributed by atoms with Crippen LogP contribution in [0.2, 0.25) is 0 Å². The Bertz CT molecular complexity index is 670. The van der Waals surface area contributed by atoms with Gasteiger partial charge in [-0.05, 0) is 30.7 Å². The van der Waals surface area contributed by atoms with Crippen molar-refractivity contribution >= 4 is 23.2 Å². The van der Waals surface area contributed by atoms with Crippen molar-refractivity contribution in [3.63, 3.8) is 0 Å². The van der Waals surface area contributed by atoms with Crippen LogP contribution >= 0.6 is 0 Å². The van der Waals surface area contributed by atoms with Crippen molar-refractivity contribution in [3.05, 3.63) is 41.7 Å². The van der Waals surface area contributed by atoms with Crippen LogP contribution in [0.1, 0.15) is 43.6 Å². The smallest absolute Gasteiger partial charge is 0.261 e. The molecule has 0 aromatic carbocycles. The Labute approximate surface area is 139 Å². The van der Waals surface area contributed by atoms with E-state index in [9.17, 15) is 4.79 Å². The fraction of sp³-hybridized carbons (Fsp3) is 0.389. The minimum Gasteiger partial charge on any atom is -0.312 e. The zero-order valence-electron chi connectivity index (χ0n) is 15.1. The lowest BCUT2D eigenvalue weighted by Gasteiger charge is -2.21. The molecule has 124 valence electrons. The normalized spacial score (nSPS) is 12.0. The van der Waals surface area contributed by atoms with Crippen molar-refractivity contribution < 1.29 is 4.79 Å². The Morgan fingerprint density at radius 3 is 2.13 bits per heavy atom. The molecule has 0 aliphatic carbocycles. The van der Waals surface area contributed by atoms with E-state index in [0.717, 1.165) is 17.1 Å². The summed E-state index contributed by atoms with van der Waals surface area (Å²) >= 11 is 0. The molecule has 0 atom stereocenters. The van der Waals surface area contributed by atoms with Gasteiger partial charge in [-0.1, -0.05) is 27.7 Å². The van der Waals surface area contributed by atoms with Gasteiger partial charge in [-0.3, -0.25) is 4.79 Å². The molecule has 5 nitrogen and oxygen atoms in total. The third kappa shape index (κ3) is 3.33. The first-order chi connectivity index (χ1) is 11.1. The van der Waals surface area contributed by atoms with Crippen LogP contribution in [0.4, 0.5) is 17.3 Å². The van der Waals surface area contributed by atoms with E-state index in [0.29, 0.717) is 11.4 Å². The topological polar surface area (TPSA) is 49.3 Å². The maximum absolute atomic E-state index is 12.5. The largest absolute Gasteiger partial charge is 0.312 e. The summed E-state index contributed by atoms with van der Waals surface area (Å²) in [4.78, 5) is 24.7.